The van der Waals surface area contributed by atoms with Crippen molar-refractivity contribution >= 4 is 12.3 Å². The molecule has 0 aromatic carbocycles. The molecule has 0 fully saturated rings. The minimum Gasteiger partial charge on any atom is -0.478 e. The van der Waals surface area contributed by atoms with Gasteiger partial charge in [0.25, 0.3) is 0 Å². The number of carboxylic acids is 1. The quantitative estimate of drug-likeness (QED) is 0.602. The first-order chi connectivity index (χ1) is 5.61. The molecule has 0 aliphatic carbocycles. The molecule has 0 saturated heterocycles. The fourth-order valence-electron chi connectivity index (χ4n) is 1.14. The largest absolute Gasteiger partial charge is 0.478 e. The lowest BCUT2D eigenvalue weighted by Crippen LogP contribution is -2.53. The zero-order valence-corrected chi connectivity index (χ0v) is 6.90. The van der Waals surface area contributed by atoms with Gasteiger partial charge in [0.05, 0.1) is 12.9 Å². The van der Waals surface area contributed by atoms with Crippen molar-refractivity contribution in [1.29, 1.82) is 0 Å². The molecule has 5 nitrogen and oxygen atoms in total. The number of aliphatic hydroxyl groups is 1. The third-order valence-electron chi connectivity index (χ3n) is 2.00. The number of rotatable bonds is 3. The summed E-state index contributed by atoms with van der Waals surface area (Å²) in [7, 11) is 0. The SMILES string of the molecule is CCC(O)(C(=O)O)N1C=NCC1. The first kappa shape index (κ1) is 8.99. The summed E-state index contributed by atoms with van der Waals surface area (Å²) in [5.41, 5.74) is -1.78. The molecular weight excluding hydrogens is 160 g/mol. The van der Waals surface area contributed by atoms with Gasteiger partial charge in [-0.1, -0.05) is 6.92 Å². The second-order valence-corrected chi connectivity index (χ2v) is 2.69. The lowest BCUT2D eigenvalue weighted by Gasteiger charge is -2.31. The molecular formula is C7H12N2O3. The van der Waals surface area contributed by atoms with Gasteiger partial charge in [-0.05, 0) is 0 Å². The fraction of sp³-hybridized carbons (Fsp3) is 0.714. The normalized spacial score (nSPS) is 21.0. The second kappa shape index (κ2) is 3.10. The number of hydrogen-bond donors (Lipinski definition) is 2. The first-order valence-corrected chi connectivity index (χ1v) is 3.83. The highest BCUT2D eigenvalue weighted by Gasteiger charge is 2.40. The first-order valence-electron chi connectivity index (χ1n) is 3.83. The lowest BCUT2D eigenvalue weighted by atomic mass is 10.1. The molecule has 0 spiro atoms. The van der Waals surface area contributed by atoms with Crippen LogP contribution in [0.15, 0.2) is 4.99 Å². The Balaban J connectivity index is 2.78. The summed E-state index contributed by atoms with van der Waals surface area (Å²) >= 11 is 0. The molecule has 0 radical (unpaired) electrons. The highest BCUT2D eigenvalue weighted by Crippen LogP contribution is 2.16. The van der Waals surface area contributed by atoms with Gasteiger partial charge in [-0.25, -0.2) is 4.79 Å². The molecule has 0 aromatic heterocycles. The van der Waals surface area contributed by atoms with Crippen LogP contribution < -0.4 is 0 Å². The van der Waals surface area contributed by atoms with Crippen LogP contribution in [-0.4, -0.2) is 46.2 Å². The van der Waals surface area contributed by atoms with E-state index in [0.717, 1.165) is 0 Å². The van der Waals surface area contributed by atoms with E-state index in [4.69, 9.17) is 5.11 Å². The Hall–Kier alpha value is -1.10. The molecule has 0 saturated carbocycles. The van der Waals surface area contributed by atoms with Crippen molar-refractivity contribution in [3.63, 3.8) is 0 Å². The standard InChI is InChI=1S/C7H12N2O3/c1-2-7(12,6(10)11)9-4-3-8-5-9/h5,12H,2-4H2,1H3,(H,10,11). The van der Waals surface area contributed by atoms with Gasteiger partial charge in [0.1, 0.15) is 0 Å². The summed E-state index contributed by atoms with van der Waals surface area (Å²) < 4.78 is 0. The van der Waals surface area contributed by atoms with Crippen LogP contribution >= 0.6 is 0 Å². The highest BCUT2D eigenvalue weighted by atomic mass is 16.4. The molecule has 1 rings (SSSR count). The van der Waals surface area contributed by atoms with E-state index in [0.29, 0.717) is 13.1 Å². The summed E-state index contributed by atoms with van der Waals surface area (Å²) in [6.07, 6.45) is 1.53. The van der Waals surface area contributed by atoms with Gasteiger partial charge >= 0.3 is 5.97 Å². The van der Waals surface area contributed by atoms with Crippen LogP contribution in [0.25, 0.3) is 0 Å². The molecule has 68 valence electrons. The summed E-state index contributed by atoms with van der Waals surface area (Å²) in [6, 6.07) is 0. The van der Waals surface area contributed by atoms with E-state index in [1.807, 2.05) is 0 Å². The van der Waals surface area contributed by atoms with E-state index in [9.17, 15) is 9.90 Å². The Morgan fingerprint density at radius 3 is 2.83 bits per heavy atom. The summed E-state index contributed by atoms with van der Waals surface area (Å²) in [4.78, 5) is 15.9. The van der Waals surface area contributed by atoms with Crippen LogP contribution in [0.3, 0.4) is 0 Å². The van der Waals surface area contributed by atoms with Crippen molar-refractivity contribution in [1.82, 2.24) is 4.90 Å². The minimum absolute atomic E-state index is 0.147. The molecule has 0 aromatic rings. The van der Waals surface area contributed by atoms with Crippen LogP contribution in [0.4, 0.5) is 0 Å². The summed E-state index contributed by atoms with van der Waals surface area (Å²) in [5.74, 6) is -1.22. The number of carboxylic acid groups (broad SMARTS) is 1. The van der Waals surface area contributed by atoms with Crippen molar-refractivity contribution in [2.75, 3.05) is 13.1 Å². The maximum atomic E-state index is 10.7. The van der Waals surface area contributed by atoms with E-state index in [1.165, 1.54) is 11.2 Å². The third kappa shape index (κ3) is 1.27. The average Bonchev–Trinajstić information content (AvgIpc) is 2.54. The van der Waals surface area contributed by atoms with Gasteiger partial charge in [0.2, 0.25) is 5.72 Å². The van der Waals surface area contributed by atoms with E-state index in [1.54, 1.807) is 6.92 Å². The maximum Gasteiger partial charge on any atom is 0.357 e. The van der Waals surface area contributed by atoms with Gasteiger partial charge in [0, 0.05) is 13.0 Å². The number of aliphatic imine (C=N–C) groups is 1. The molecule has 1 heterocycles. The Kier molecular flexibility index (Phi) is 2.32. The number of carbonyl (C=O) groups is 1. The van der Waals surface area contributed by atoms with Gasteiger partial charge < -0.3 is 15.1 Å². The van der Waals surface area contributed by atoms with Crippen molar-refractivity contribution in [2.24, 2.45) is 4.99 Å². The molecule has 0 bridgehead atoms. The van der Waals surface area contributed by atoms with E-state index in [-0.39, 0.29) is 6.42 Å². The van der Waals surface area contributed by atoms with E-state index in [2.05, 4.69) is 4.99 Å². The second-order valence-electron chi connectivity index (χ2n) is 2.69. The fourth-order valence-corrected chi connectivity index (χ4v) is 1.14. The molecule has 1 aliphatic rings. The van der Waals surface area contributed by atoms with Gasteiger partial charge in [-0.3, -0.25) is 4.99 Å². The number of hydrogen-bond acceptors (Lipinski definition) is 4. The van der Waals surface area contributed by atoms with Gasteiger partial charge in [-0.2, -0.15) is 0 Å². The Morgan fingerprint density at radius 2 is 2.50 bits per heavy atom. The summed E-state index contributed by atoms with van der Waals surface area (Å²) in [6.45, 7) is 2.65. The van der Waals surface area contributed by atoms with Crippen LogP contribution in [0.5, 0.6) is 0 Å². The third-order valence-corrected chi connectivity index (χ3v) is 2.00. The minimum atomic E-state index is -1.78. The van der Waals surface area contributed by atoms with Gasteiger partial charge in [0.15, 0.2) is 0 Å². The smallest absolute Gasteiger partial charge is 0.357 e. The predicted octanol–water partition coefficient (Wildman–Crippen LogP) is -0.486. The van der Waals surface area contributed by atoms with Crippen LogP contribution in [-0.2, 0) is 4.79 Å². The van der Waals surface area contributed by atoms with Crippen molar-refractivity contribution in [3.05, 3.63) is 0 Å². The molecule has 1 aliphatic heterocycles. The zero-order chi connectivity index (χ0) is 9.19. The Labute approximate surface area is 70.3 Å². The zero-order valence-electron chi connectivity index (χ0n) is 6.90. The molecule has 1 unspecified atom stereocenters. The number of aliphatic carboxylic acids is 1. The lowest BCUT2D eigenvalue weighted by molar-refractivity contribution is -0.173. The maximum absolute atomic E-state index is 10.7. The highest BCUT2D eigenvalue weighted by molar-refractivity contribution is 5.80. The molecule has 5 heteroatoms. The topological polar surface area (TPSA) is 73.1 Å². The van der Waals surface area contributed by atoms with Gasteiger partial charge in [-0.15, -0.1) is 0 Å². The van der Waals surface area contributed by atoms with Crippen LogP contribution in [0.1, 0.15) is 13.3 Å². The van der Waals surface area contributed by atoms with Crippen LogP contribution in [0, 0.1) is 0 Å². The van der Waals surface area contributed by atoms with E-state index >= 15 is 0 Å². The van der Waals surface area contributed by atoms with Crippen molar-refractivity contribution in [3.8, 4) is 0 Å². The van der Waals surface area contributed by atoms with Crippen LogP contribution in [0.2, 0.25) is 0 Å². The monoisotopic (exact) mass is 172 g/mol. The molecule has 12 heavy (non-hydrogen) atoms. The Bertz CT molecular complexity index is 217. The average molecular weight is 172 g/mol. The van der Waals surface area contributed by atoms with E-state index < -0.39 is 11.7 Å². The molecule has 0 amide bonds. The molecule has 2 N–H and O–H groups in total. The number of nitrogens with zero attached hydrogens (tertiary/aromatic N) is 2. The summed E-state index contributed by atoms with van der Waals surface area (Å²) in [5, 5.41) is 18.4. The van der Waals surface area contributed by atoms with Crippen molar-refractivity contribution < 1.29 is 15.0 Å². The molecule has 1 atom stereocenters. The predicted molar refractivity (Wildman–Crippen MR) is 42.9 cm³/mol. The Morgan fingerprint density at radius 1 is 1.83 bits per heavy atom. The van der Waals surface area contributed by atoms with Crippen molar-refractivity contribution in [2.45, 2.75) is 19.1 Å².